The molecular formula is C7H13NO2. The van der Waals surface area contributed by atoms with E-state index in [-0.39, 0.29) is 6.42 Å². The van der Waals surface area contributed by atoms with Crippen LogP contribution in [0.1, 0.15) is 26.2 Å². The highest BCUT2D eigenvalue weighted by molar-refractivity contribution is 5.70. The molecule has 3 heteroatoms. The van der Waals surface area contributed by atoms with E-state index in [1.165, 1.54) is 0 Å². The van der Waals surface area contributed by atoms with Crippen LogP contribution in [0.4, 0.5) is 0 Å². The zero-order chi connectivity index (χ0) is 7.82. The third kappa shape index (κ3) is 5.31. The smallest absolute Gasteiger partial charge is 0.328 e. The number of rotatable bonds is 4. The van der Waals surface area contributed by atoms with Crippen molar-refractivity contribution >= 4 is 5.97 Å². The van der Waals surface area contributed by atoms with Crippen molar-refractivity contribution in [3.63, 3.8) is 0 Å². The number of unbranched alkanes of at least 4 members (excludes halogenated alkanes) is 1. The van der Waals surface area contributed by atoms with E-state index >= 15 is 0 Å². The molecule has 0 aliphatic carbocycles. The van der Waals surface area contributed by atoms with E-state index in [4.69, 9.17) is 0 Å². The Labute approximate surface area is 60.8 Å². The lowest BCUT2D eigenvalue weighted by atomic mass is 10.3. The van der Waals surface area contributed by atoms with Crippen LogP contribution in [-0.4, -0.2) is 5.97 Å². The van der Waals surface area contributed by atoms with E-state index in [1.807, 2.05) is 6.08 Å². The predicted octanol–water partition coefficient (Wildman–Crippen LogP) is 1.15. The highest BCUT2D eigenvalue weighted by Crippen LogP contribution is 1.91. The molecule has 0 bridgehead atoms. The van der Waals surface area contributed by atoms with Crippen molar-refractivity contribution in [1.82, 2.24) is 0 Å². The summed E-state index contributed by atoms with van der Waals surface area (Å²) in [5.41, 5.74) is 0. The molecular weight excluding hydrogens is 130 g/mol. The monoisotopic (exact) mass is 143 g/mol. The maximum atomic E-state index is 10.4. The van der Waals surface area contributed by atoms with Crippen molar-refractivity contribution in [3.8, 4) is 0 Å². The van der Waals surface area contributed by atoms with Gasteiger partial charge in [-0.1, -0.05) is 25.5 Å². The third-order valence-electron chi connectivity index (χ3n) is 1.04. The second-order valence-corrected chi connectivity index (χ2v) is 1.95. The largest absolute Gasteiger partial charge is 0.373 e. The Morgan fingerprint density at radius 1 is 1.60 bits per heavy atom. The number of allylic oxidation sites excluding steroid dienone is 1. The molecule has 0 saturated carbocycles. The molecule has 0 unspecified atom stereocenters. The van der Waals surface area contributed by atoms with Crippen LogP contribution in [0.25, 0.3) is 0 Å². The molecule has 0 fully saturated rings. The molecule has 2 N–H and O–H groups in total. The van der Waals surface area contributed by atoms with E-state index in [2.05, 4.69) is 17.7 Å². The molecule has 0 atom stereocenters. The van der Waals surface area contributed by atoms with Crippen molar-refractivity contribution < 1.29 is 9.63 Å². The van der Waals surface area contributed by atoms with Crippen LogP contribution < -0.4 is 5.90 Å². The summed E-state index contributed by atoms with van der Waals surface area (Å²) in [5, 5.41) is 0. The van der Waals surface area contributed by atoms with Crippen LogP contribution >= 0.6 is 0 Å². The molecule has 0 aromatic heterocycles. The number of carbonyl (C=O) groups is 1. The normalized spacial score (nSPS) is 10.2. The van der Waals surface area contributed by atoms with Gasteiger partial charge >= 0.3 is 5.97 Å². The maximum Gasteiger partial charge on any atom is 0.328 e. The van der Waals surface area contributed by atoms with Crippen LogP contribution in [0, 0.1) is 0 Å². The first-order valence-electron chi connectivity index (χ1n) is 3.35. The van der Waals surface area contributed by atoms with Crippen LogP contribution in [0.5, 0.6) is 0 Å². The van der Waals surface area contributed by atoms with Gasteiger partial charge in [-0.15, -0.1) is 0 Å². The van der Waals surface area contributed by atoms with Crippen LogP contribution in [0.15, 0.2) is 12.2 Å². The Kier molecular flexibility index (Phi) is 5.77. The van der Waals surface area contributed by atoms with Gasteiger partial charge in [-0.05, 0) is 6.42 Å². The van der Waals surface area contributed by atoms with Crippen LogP contribution in [0.2, 0.25) is 0 Å². The molecule has 0 aromatic rings. The van der Waals surface area contributed by atoms with Gasteiger partial charge in [0.15, 0.2) is 0 Å². The van der Waals surface area contributed by atoms with Crippen molar-refractivity contribution in [2.45, 2.75) is 26.2 Å². The summed E-state index contributed by atoms with van der Waals surface area (Å²) in [7, 11) is 0. The average Bonchev–Trinajstić information content (AvgIpc) is 1.98. The minimum absolute atomic E-state index is 0.274. The second-order valence-electron chi connectivity index (χ2n) is 1.95. The van der Waals surface area contributed by atoms with Crippen LogP contribution in [0.3, 0.4) is 0 Å². The Morgan fingerprint density at radius 3 is 2.80 bits per heavy atom. The summed E-state index contributed by atoms with van der Waals surface area (Å²) in [4.78, 5) is 14.3. The lowest BCUT2D eigenvalue weighted by Gasteiger charge is -1.89. The van der Waals surface area contributed by atoms with E-state index < -0.39 is 5.97 Å². The first-order chi connectivity index (χ1) is 4.81. The zero-order valence-corrected chi connectivity index (χ0v) is 6.17. The van der Waals surface area contributed by atoms with Gasteiger partial charge in [-0.3, -0.25) is 4.79 Å². The zero-order valence-electron chi connectivity index (χ0n) is 6.17. The topological polar surface area (TPSA) is 52.3 Å². The van der Waals surface area contributed by atoms with E-state index in [0.29, 0.717) is 0 Å². The first-order valence-corrected chi connectivity index (χ1v) is 3.35. The number of carbonyl (C=O) groups excluding carboxylic acids is 1. The molecule has 3 nitrogen and oxygen atoms in total. The quantitative estimate of drug-likeness (QED) is 0.474. The van der Waals surface area contributed by atoms with Crippen LogP contribution in [-0.2, 0) is 9.63 Å². The number of nitrogens with two attached hydrogens (primary N) is 1. The fourth-order valence-corrected chi connectivity index (χ4v) is 0.512. The fraction of sp³-hybridized carbons (Fsp3) is 0.571. The second kappa shape index (κ2) is 6.29. The van der Waals surface area contributed by atoms with Gasteiger partial charge in [0.1, 0.15) is 0 Å². The SMILES string of the molecule is CCCC=CCC(=O)ON. The molecule has 0 radical (unpaired) electrons. The van der Waals surface area contributed by atoms with Gasteiger partial charge in [-0.25, -0.2) is 0 Å². The molecule has 0 saturated heterocycles. The molecule has 0 spiro atoms. The van der Waals surface area contributed by atoms with Gasteiger partial charge in [0.05, 0.1) is 6.42 Å². The predicted molar refractivity (Wildman–Crippen MR) is 38.9 cm³/mol. The molecule has 10 heavy (non-hydrogen) atoms. The average molecular weight is 143 g/mol. The lowest BCUT2D eigenvalue weighted by molar-refractivity contribution is -0.143. The van der Waals surface area contributed by atoms with Gasteiger partial charge < -0.3 is 4.84 Å². The van der Waals surface area contributed by atoms with Crippen molar-refractivity contribution in [3.05, 3.63) is 12.2 Å². The molecule has 0 heterocycles. The molecule has 0 aliphatic heterocycles. The summed E-state index contributed by atoms with van der Waals surface area (Å²) < 4.78 is 0. The van der Waals surface area contributed by atoms with E-state index in [0.717, 1.165) is 12.8 Å². The summed E-state index contributed by atoms with van der Waals surface area (Å²) in [5.74, 6) is 4.21. The summed E-state index contributed by atoms with van der Waals surface area (Å²) in [6.07, 6.45) is 6.07. The Hall–Kier alpha value is -0.830. The molecule has 0 aromatic carbocycles. The number of hydrogen-bond acceptors (Lipinski definition) is 3. The van der Waals surface area contributed by atoms with Gasteiger partial charge in [-0.2, -0.15) is 5.90 Å². The number of hydrogen-bond donors (Lipinski definition) is 1. The standard InChI is InChI=1S/C7H13NO2/c1-2-3-4-5-6-7(9)10-8/h4-5H,2-3,6,8H2,1H3. The maximum absolute atomic E-state index is 10.4. The Balaban J connectivity index is 3.25. The summed E-state index contributed by atoms with van der Waals surface area (Å²) in [6, 6.07) is 0. The Bertz CT molecular complexity index is 121. The van der Waals surface area contributed by atoms with Gasteiger partial charge in [0.2, 0.25) is 0 Å². The summed E-state index contributed by atoms with van der Waals surface area (Å²) >= 11 is 0. The summed E-state index contributed by atoms with van der Waals surface area (Å²) in [6.45, 7) is 2.07. The molecule has 0 aliphatic rings. The highest BCUT2D eigenvalue weighted by Gasteiger charge is 1.93. The third-order valence-corrected chi connectivity index (χ3v) is 1.04. The van der Waals surface area contributed by atoms with E-state index in [1.54, 1.807) is 6.08 Å². The Morgan fingerprint density at radius 2 is 2.30 bits per heavy atom. The molecule has 58 valence electrons. The lowest BCUT2D eigenvalue weighted by Crippen LogP contribution is -2.07. The molecule has 0 amide bonds. The van der Waals surface area contributed by atoms with Gasteiger partial charge in [0, 0.05) is 0 Å². The van der Waals surface area contributed by atoms with E-state index in [9.17, 15) is 4.79 Å². The first kappa shape index (κ1) is 9.17. The van der Waals surface area contributed by atoms with Gasteiger partial charge in [0.25, 0.3) is 0 Å². The fourth-order valence-electron chi connectivity index (χ4n) is 0.512. The minimum atomic E-state index is -0.396. The van der Waals surface area contributed by atoms with Crippen molar-refractivity contribution in [2.24, 2.45) is 5.90 Å². The highest BCUT2D eigenvalue weighted by atomic mass is 16.7. The molecule has 0 rings (SSSR count). The van der Waals surface area contributed by atoms with Crippen molar-refractivity contribution in [2.75, 3.05) is 0 Å². The van der Waals surface area contributed by atoms with Crippen molar-refractivity contribution in [1.29, 1.82) is 0 Å². The minimum Gasteiger partial charge on any atom is -0.373 e.